The van der Waals surface area contributed by atoms with Gasteiger partial charge >= 0.3 is 0 Å². The maximum absolute atomic E-state index is 6.04. The highest BCUT2D eigenvalue weighted by molar-refractivity contribution is 5.77. The number of nitrogens with two attached hydrogens (primary N) is 1. The van der Waals surface area contributed by atoms with Crippen molar-refractivity contribution < 1.29 is 0 Å². The molecular weight excluding hydrogens is 222 g/mol. The van der Waals surface area contributed by atoms with Gasteiger partial charge in [0.2, 0.25) is 0 Å². The smallest absolute Gasteiger partial charge is 0.126 e. The van der Waals surface area contributed by atoms with Crippen molar-refractivity contribution in [1.82, 2.24) is 9.55 Å². The summed E-state index contributed by atoms with van der Waals surface area (Å²) in [6, 6.07) is 6.54. The summed E-state index contributed by atoms with van der Waals surface area (Å²) in [5.41, 5.74) is 9.67. The lowest BCUT2D eigenvalue weighted by atomic mass is 10.1. The first-order chi connectivity index (χ1) is 8.67. The number of fused-ring (bicyclic) bond motifs is 1. The molecule has 0 spiro atoms. The molecule has 0 saturated carbocycles. The number of imidazole rings is 1. The van der Waals surface area contributed by atoms with Crippen LogP contribution in [0.5, 0.6) is 0 Å². The third kappa shape index (κ3) is 2.41. The van der Waals surface area contributed by atoms with E-state index in [2.05, 4.69) is 36.6 Å². The van der Waals surface area contributed by atoms with E-state index in [0.717, 1.165) is 24.3 Å². The first kappa shape index (κ1) is 13.1. The van der Waals surface area contributed by atoms with Gasteiger partial charge in [-0.3, -0.25) is 0 Å². The van der Waals surface area contributed by atoms with E-state index in [9.17, 15) is 0 Å². The Morgan fingerprint density at radius 1 is 1.33 bits per heavy atom. The van der Waals surface area contributed by atoms with Crippen LogP contribution < -0.4 is 5.73 Å². The quantitative estimate of drug-likeness (QED) is 0.877. The normalized spacial score (nSPS) is 13.1. The van der Waals surface area contributed by atoms with Gasteiger partial charge in [0.1, 0.15) is 5.82 Å². The first-order valence-electron chi connectivity index (χ1n) is 6.92. The summed E-state index contributed by atoms with van der Waals surface area (Å²) in [7, 11) is 0. The van der Waals surface area contributed by atoms with Gasteiger partial charge in [0.25, 0.3) is 0 Å². The van der Waals surface area contributed by atoms with Crippen molar-refractivity contribution in [3.8, 4) is 0 Å². The monoisotopic (exact) mass is 245 g/mol. The van der Waals surface area contributed by atoms with Gasteiger partial charge in [-0.2, -0.15) is 0 Å². The molecule has 0 saturated heterocycles. The summed E-state index contributed by atoms with van der Waals surface area (Å²) < 4.78 is 2.28. The van der Waals surface area contributed by atoms with Crippen molar-refractivity contribution in [2.24, 2.45) is 5.73 Å². The Labute approximate surface area is 109 Å². The molecule has 0 amide bonds. The van der Waals surface area contributed by atoms with Crippen LogP contribution in [0.25, 0.3) is 11.0 Å². The van der Waals surface area contributed by atoms with Crippen LogP contribution in [-0.2, 0) is 13.0 Å². The van der Waals surface area contributed by atoms with E-state index < -0.39 is 0 Å². The second-order valence-electron chi connectivity index (χ2n) is 4.94. The number of unbranched alkanes of at least 4 members (excludes halogenated alkanes) is 1. The van der Waals surface area contributed by atoms with Crippen LogP contribution in [0, 0.1) is 0 Å². The number of rotatable bonds is 5. The second kappa shape index (κ2) is 5.53. The maximum atomic E-state index is 6.04. The fraction of sp³-hybridized carbons (Fsp3) is 0.533. The lowest BCUT2D eigenvalue weighted by molar-refractivity contribution is 0.588. The SMILES string of the molecule is CCCCn1c(C(C)N)nc2cc(CC)ccc21. The van der Waals surface area contributed by atoms with E-state index in [1.54, 1.807) is 0 Å². The van der Waals surface area contributed by atoms with Gasteiger partial charge in [-0.15, -0.1) is 0 Å². The standard InChI is InChI=1S/C15H23N3/c1-4-6-9-18-14-8-7-12(5-2)10-13(14)17-15(18)11(3)16/h7-8,10-11H,4-6,9,16H2,1-3H3. The fourth-order valence-corrected chi connectivity index (χ4v) is 2.31. The molecule has 98 valence electrons. The number of hydrogen-bond acceptors (Lipinski definition) is 2. The molecule has 1 aromatic heterocycles. The number of nitrogens with zero attached hydrogens (tertiary/aromatic N) is 2. The number of aryl methyl sites for hydroxylation is 2. The Morgan fingerprint density at radius 2 is 2.11 bits per heavy atom. The van der Waals surface area contributed by atoms with Crippen molar-refractivity contribution in [2.75, 3.05) is 0 Å². The van der Waals surface area contributed by atoms with E-state index in [1.807, 2.05) is 6.92 Å². The van der Waals surface area contributed by atoms with Gasteiger partial charge in [-0.25, -0.2) is 4.98 Å². The number of aromatic nitrogens is 2. The molecule has 0 aliphatic rings. The molecule has 1 heterocycles. The Hall–Kier alpha value is -1.35. The molecule has 0 aliphatic carbocycles. The molecule has 3 nitrogen and oxygen atoms in total. The largest absolute Gasteiger partial charge is 0.327 e. The van der Waals surface area contributed by atoms with Crippen LogP contribution >= 0.6 is 0 Å². The minimum absolute atomic E-state index is 0.0145. The molecule has 0 aliphatic heterocycles. The molecule has 1 aromatic carbocycles. The molecule has 0 fully saturated rings. The maximum Gasteiger partial charge on any atom is 0.126 e. The van der Waals surface area contributed by atoms with Gasteiger partial charge < -0.3 is 10.3 Å². The zero-order chi connectivity index (χ0) is 13.1. The lowest BCUT2D eigenvalue weighted by Gasteiger charge is -2.10. The molecule has 1 atom stereocenters. The third-order valence-electron chi connectivity index (χ3n) is 3.39. The molecule has 2 N–H and O–H groups in total. The molecule has 0 bridgehead atoms. The Bertz CT molecular complexity index is 526. The predicted molar refractivity (Wildman–Crippen MR) is 76.6 cm³/mol. The summed E-state index contributed by atoms with van der Waals surface area (Å²) in [5, 5.41) is 0. The van der Waals surface area contributed by atoms with Gasteiger partial charge in [0.15, 0.2) is 0 Å². The van der Waals surface area contributed by atoms with Crippen LogP contribution in [0.1, 0.15) is 51.0 Å². The predicted octanol–water partition coefficient (Wildman–Crippen LogP) is 3.42. The van der Waals surface area contributed by atoms with Crippen molar-refractivity contribution in [1.29, 1.82) is 0 Å². The molecule has 3 heteroatoms. The van der Waals surface area contributed by atoms with E-state index in [1.165, 1.54) is 23.9 Å². The number of hydrogen-bond donors (Lipinski definition) is 1. The minimum Gasteiger partial charge on any atom is -0.327 e. The van der Waals surface area contributed by atoms with Gasteiger partial charge in [0.05, 0.1) is 17.1 Å². The molecular formula is C15H23N3. The van der Waals surface area contributed by atoms with Crippen molar-refractivity contribution >= 4 is 11.0 Å². The van der Waals surface area contributed by atoms with Crippen LogP contribution in [0.15, 0.2) is 18.2 Å². The van der Waals surface area contributed by atoms with Crippen LogP contribution in [0.3, 0.4) is 0 Å². The van der Waals surface area contributed by atoms with E-state index in [4.69, 9.17) is 10.7 Å². The minimum atomic E-state index is -0.0145. The Kier molecular flexibility index (Phi) is 4.02. The molecule has 0 radical (unpaired) electrons. The highest BCUT2D eigenvalue weighted by atomic mass is 15.1. The van der Waals surface area contributed by atoms with Gasteiger partial charge in [0, 0.05) is 6.54 Å². The summed E-state index contributed by atoms with van der Waals surface area (Å²) in [5.74, 6) is 1.01. The van der Waals surface area contributed by atoms with E-state index in [0.29, 0.717) is 0 Å². The second-order valence-corrected chi connectivity index (χ2v) is 4.94. The zero-order valence-corrected chi connectivity index (χ0v) is 11.6. The van der Waals surface area contributed by atoms with Gasteiger partial charge in [-0.1, -0.05) is 26.3 Å². The lowest BCUT2D eigenvalue weighted by Crippen LogP contribution is -2.13. The van der Waals surface area contributed by atoms with Crippen molar-refractivity contribution in [3.05, 3.63) is 29.6 Å². The average molecular weight is 245 g/mol. The van der Waals surface area contributed by atoms with Crippen LogP contribution in [0.4, 0.5) is 0 Å². The fourth-order valence-electron chi connectivity index (χ4n) is 2.31. The summed E-state index contributed by atoms with van der Waals surface area (Å²) >= 11 is 0. The summed E-state index contributed by atoms with van der Waals surface area (Å²) in [6.45, 7) is 7.39. The number of benzene rings is 1. The average Bonchev–Trinajstić information content (AvgIpc) is 2.74. The topological polar surface area (TPSA) is 43.8 Å². The molecule has 1 unspecified atom stereocenters. The Balaban J connectivity index is 2.52. The van der Waals surface area contributed by atoms with E-state index >= 15 is 0 Å². The third-order valence-corrected chi connectivity index (χ3v) is 3.39. The van der Waals surface area contributed by atoms with Crippen LogP contribution in [-0.4, -0.2) is 9.55 Å². The van der Waals surface area contributed by atoms with Crippen molar-refractivity contribution in [3.63, 3.8) is 0 Å². The van der Waals surface area contributed by atoms with Gasteiger partial charge in [-0.05, 0) is 37.5 Å². The molecule has 2 aromatic rings. The summed E-state index contributed by atoms with van der Waals surface area (Å²) in [4.78, 5) is 4.71. The van der Waals surface area contributed by atoms with Crippen LogP contribution in [0.2, 0.25) is 0 Å². The zero-order valence-electron chi connectivity index (χ0n) is 11.6. The Morgan fingerprint density at radius 3 is 2.72 bits per heavy atom. The van der Waals surface area contributed by atoms with E-state index in [-0.39, 0.29) is 6.04 Å². The highest BCUT2D eigenvalue weighted by Crippen LogP contribution is 2.22. The molecule has 18 heavy (non-hydrogen) atoms. The summed E-state index contributed by atoms with van der Waals surface area (Å²) in [6.07, 6.45) is 3.40. The molecule has 2 rings (SSSR count). The first-order valence-corrected chi connectivity index (χ1v) is 6.92. The highest BCUT2D eigenvalue weighted by Gasteiger charge is 2.13. The van der Waals surface area contributed by atoms with Crippen molar-refractivity contribution in [2.45, 2.75) is 52.6 Å².